The molecule has 1 unspecified atom stereocenters. The summed E-state index contributed by atoms with van der Waals surface area (Å²) in [5, 5.41) is 0. The van der Waals surface area contributed by atoms with E-state index in [0.29, 0.717) is 0 Å². The number of pyridine rings is 1. The summed E-state index contributed by atoms with van der Waals surface area (Å²) in [6, 6.07) is 6.66. The SMILES string of the molecule is Cc1cc(C)c(C)c(C2(C)c3cnccc3C=CN2C)c1. The topological polar surface area (TPSA) is 16.1 Å². The Morgan fingerprint density at radius 2 is 1.86 bits per heavy atom. The Labute approximate surface area is 127 Å². The van der Waals surface area contributed by atoms with Crippen molar-refractivity contribution in [2.45, 2.75) is 33.2 Å². The van der Waals surface area contributed by atoms with Crippen LogP contribution in [0.3, 0.4) is 0 Å². The van der Waals surface area contributed by atoms with Crippen molar-refractivity contribution in [2.24, 2.45) is 0 Å². The molecule has 1 aromatic carbocycles. The molecule has 0 radical (unpaired) electrons. The Balaban J connectivity index is 2.32. The largest absolute Gasteiger partial charge is 0.367 e. The van der Waals surface area contributed by atoms with Crippen molar-refractivity contribution < 1.29 is 0 Å². The highest BCUT2D eigenvalue weighted by Crippen LogP contribution is 2.42. The molecule has 2 heteroatoms. The molecular formula is C19H22N2. The normalized spacial score (nSPS) is 20.5. The number of hydrogen-bond acceptors (Lipinski definition) is 2. The van der Waals surface area contributed by atoms with Crippen molar-refractivity contribution in [3.05, 3.63) is 70.2 Å². The van der Waals surface area contributed by atoms with Crippen LogP contribution in [0.2, 0.25) is 0 Å². The zero-order valence-corrected chi connectivity index (χ0v) is 13.4. The summed E-state index contributed by atoms with van der Waals surface area (Å²) in [6.45, 7) is 8.87. The Morgan fingerprint density at radius 3 is 2.62 bits per heavy atom. The summed E-state index contributed by atoms with van der Waals surface area (Å²) < 4.78 is 0. The number of aryl methyl sites for hydroxylation is 2. The van der Waals surface area contributed by atoms with Crippen molar-refractivity contribution in [3.63, 3.8) is 0 Å². The van der Waals surface area contributed by atoms with Crippen LogP contribution in [0.25, 0.3) is 6.08 Å². The third-order valence-corrected chi connectivity index (χ3v) is 4.90. The van der Waals surface area contributed by atoms with Crippen molar-refractivity contribution in [3.8, 4) is 0 Å². The van der Waals surface area contributed by atoms with Gasteiger partial charge in [0.2, 0.25) is 0 Å². The van der Waals surface area contributed by atoms with E-state index in [4.69, 9.17) is 0 Å². The lowest BCUT2D eigenvalue weighted by molar-refractivity contribution is 0.250. The van der Waals surface area contributed by atoms with Crippen LogP contribution < -0.4 is 0 Å². The monoisotopic (exact) mass is 278 g/mol. The van der Waals surface area contributed by atoms with Crippen molar-refractivity contribution in [2.75, 3.05) is 7.05 Å². The quantitative estimate of drug-likeness (QED) is 0.777. The third-order valence-electron chi connectivity index (χ3n) is 4.90. The van der Waals surface area contributed by atoms with Crippen LogP contribution in [0, 0.1) is 20.8 Å². The summed E-state index contributed by atoms with van der Waals surface area (Å²) in [5.74, 6) is 0. The minimum absolute atomic E-state index is 0.181. The molecule has 1 aliphatic rings. The van der Waals surface area contributed by atoms with Crippen LogP contribution in [-0.2, 0) is 5.54 Å². The second kappa shape index (κ2) is 4.73. The van der Waals surface area contributed by atoms with E-state index < -0.39 is 0 Å². The Morgan fingerprint density at radius 1 is 1.10 bits per heavy atom. The Hall–Kier alpha value is -2.09. The second-order valence-corrected chi connectivity index (χ2v) is 6.22. The Kier molecular flexibility index (Phi) is 3.12. The minimum atomic E-state index is -0.181. The molecule has 0 N–H and O–H groups in total. The number of rotatable bonds is 1. The van der Waals surface area contributed by atoms with Gasteiger partial charge in [-0.15, -0.1) is 0 Å². The maximum atomic E-state index is 4.37. The van der Waals surface area contributed by atoms with Gasteiger partial charge in [0.25, 0.3) is 0 Å². The third kappa shape index (κ3) is 1.98. The maximum Gasteiger partial charge on any atom is 0.0892 e. The maximum absolute atomic E-state index is 4.37. The van der Waals surface area contributed by atoms with Gasteiger partial charge in [-0.25, -0.2) is 0 Å². The van der Waals surface area contributed by atoms with Crippen LogP contribution >= 0.6 is 0 Å². The number of aromatic nitrogens is 1. The molecule has 2 heterocycles. The van der Waals surface area contributed by atoms with Gasteiger partial charge in [-0.1, -0.05) is 17.7 Å². The molecule has 0 fully saturated rings. The van der Waals surface area contributed by atoms with Crippen LogP contribution in [0.15, 0.2) is 36.8 Å². The predicted octanol–water partition coefficient (Wildman–Crippen LogP) is 4.19. The average molecular weight is 278 g/mol. The first-order valence-electron chi connectivity index (χ1n) is 7.38. The predicted molar refractivity (Wildman–Crippen MR) is 88.1 cm³/mol. The molecule has 0 saturated heterocycles. The van der Waals surface area contributed by atoms with Crippen LogP contribution in [0.5, 0.6) is 0 Å². The zero-order chi connectivity index (χ0) is 15.2. The van der Waals surface area contributed by atoms with Gasteiger partial charge in [-0.3, -0.25) is 4.98 Å². The van der Waals surface area contributed by atoms with E-state index >= 15 is 0 Å². The highest BCUT2D eigenvalue weighted by molar-refractivity contribution is 5.61. The lowest BCUT2D eigenvalue weighted by Gasteiger charge is -2.43. The van der Waals surface area contributed by atoms with E-state index in [9.17, 15) is 0 Å². The molecule has 0 bridgehead atoms. The van der Waals surface area contributed by atoms with Crippen molar-refractivity contribution >= 4 is 6.08 Å². The number of hydrogen-bond donors (Lipinski definition) is 0. The molecule has 0 amide bonds. The summed E-state index contributed by atoms with van der Waals surface area (Å²) in [4.78, 5) is 6.66. The highest BCUT2D eigenvalue weighted by atomic mass is 15.2. The standard InChI is InChI=1S/C19H22N2/c1-13-10-14(2)15(3)17(11-13)19(4)18-12-20-8-6-16(18)7-9-21(19)5/h6-12H,1-5H3. The average Bonchev–Trinajstić information content (AvgIpc) is 2.47. The Bertz CT molecular complexity index is 730. The van der Waals surface area contributed by atoms with E-state index in [1.54, 1.807) is 0 Å². The molecule has 1 aliphatic heterocycles. The van der Waals surface area contributed by atoms with Gasteiger partial charge in [0.1, 0.15) is 0 Å². The first-order valence-corrected chi connectivity index (χ1v) is 7.38. The van der Waals surface area contributed by atoms with E-state index in [-0.39, 0.29) is 5.54 Å². The van der Waals surface area contributed by atoms with E-state index in [2.05, 4.69) is 75.1 Å². The van der Waals surface area contributed by atoms with Crippen LogP contribution in [-0.4, -0.2) is 16.9 Å². The van der Waals surface area contributed by atoms with Crippen LogP contribution in [0.1, 0.15) is 40.3 Å². The van der Waals surface area contributed by atoms with Crippen LogP contribution in [0.4, 0.5) is 0 Å². The van der Waals surface area contributed by atoms with E-state index in [1.807, 2.05) is 12.4 Å². The molecule has 108 valence electrons. The molecule has 0 aliphatic carbocycles. The second-order valence-electron chi connectivity index (χ2n) is 6.22. The van der Waals surface area contributed by atoms with Gasteiger partial charge in [-0.05, 0) is 62.1 Å². The molecule has 2 nitrogen and oxygen atoms in total. The number of benzene rings is 1. The molecule has 2 aromatic rings. The van der Waals surface area contributed by atoms with Crippen molar-refractivity contribution in [1.82, 2.24) is 9.88 Å². The van der Waals surface area contributed by atoms with Gasteiger partial charge < -0.3 is 4.90 Å². The lowest BCUT2D eigenvalue weighted by atomic mass is 9.77. The van der Waals surface area contributed by atoms with E-state index in [0.717, 1.165) is 0 Å². The van der Waals surface area contributed by atoms with Gasteiger partial charge in [0, 0.05) is 31.2 Å². The van der Waals surface area contributed by atoms with E-state index in [1.165, 1.54) is 33.4 Å². The van der Waals surface area contributed by atoms with Crippen molar-refractivity contribution in [1.29, 1.82) is 0 Å². The fraction of sp³-hybridized carbons (Fsp3) is 0.316. The molecule has 1 aromatic heterocycles. The summed E-state index contributed by atoms with van der Waals surface area (Å²) in [7, 11) is 2.14. The van der Waals surface area contributed by atoms with Gasteiger partial charge in [0.05, 0.1) is 5.54 Å². The van der Waals surface area contributed by atoms with Gasteiger partial charge in [-0.2, -0.15) is 0 Å². The fourth-order valence-electron chi connectivity index (χ4n) is 3.37. The summed E-state index contributed by atoms with van der Waals surface area (Å²) >= 11 is 0. The smallest absolute Gasteiger partial charge is 0.0892 e. The fourth-order valence-corrected chi connectivity index (χ4v) is 3.37. The number of nitrogens with zero attached hydrogens (tertiary/aromatic N) is 2. The molecule has 1 atom stereocenters. The summed E-state index contributed by atoms with van der Waals surface area (Å²) in [5.41, 5.74) is 7.72. The number of fused-ring (bicyclic) bond motifs is 1. The first kappa shape index (κ1) is 13.9. The van der Waals surface area contributed by atoms with Gasteiger partial charge in [0.15, 0.2) is 0 Å². The lowest BCUT2D eigenvalue weighted by Crippen LogP contribution is -2.42. The van der Waals surface area contributed by atoms with Gasteiger partial charge >= 0.3 is 0 Å². The molecule has 3 rings (SSSR count). The molecule has 0 saturated carbocycles. The highest BCUT2D eigenvalue weighted by Gasteiger charge is 2.37. The molecule has 0 spiro atoms. The molecular weight excluding hydrogens is 256 g/mol. The molecule has 21 heavy (non-hydrogen) atoms. The zero-order valence-electron chi connectivity index (χ0n) is 13.4. The minimum Gasteiger partial charge on any atom is -0.367 e. The first-order chi connectivity index (χ1) is 9.94. The summed E-state index contributed by atoms with van der Waals surface area (Å²) in [6.07, 6.45) is 8.20.